The van der Waals surface area contributed by atoms with Gasteiger partial charge in [-0.15, -0.1) is 0 Å². The van der Waals surface area contributed by atoms with E-state index >= 15 is 0 Å². The zero-order valence-corrected chi connectivity index (χ0v) is 15.2. The smallest absolute Gasteiger partial charge is 0.303 e. The third-order valence-electron chi connectivity index (χ3n) is 4.27. The molecule has 0 amide bonds. The van der Waals surface area contributed by atoms with Crippen molar-refractivity contribution in [1.82, 2.24) is 0 Å². The molecule has 0 heterocycles. The Morgan fingerprint density at radius 2 is 1.52 bits per heavy atom. The normalized spacial score (nSPS) is 12.6. The summed E-state index contributed by atoms with van der Waals surface area (Å²) >= 11 is 0. The molecule has 1 atom stereocenters. The van der Waals surface area contributed by atoms with Crippen LogP contribution in [0.2, 0.25) is 0 Å². The Morgan fingerprint density at radius 1 is 0.913 bits per heavy atom. The highest BCUT2D eigenvalue weighted by Crippen LogP contribution is 2.15. The lowest BCUT2D eigenvalue weighted by Gasteiger charge is -2.08. The minimum atomic E-state index is -0.696. The van der Waals surface area contributed by atoms with Gasteiger partial charge in [0.15, 0.2) is 0 Å². The minimum absolute atomic E-state index is 0.104. The fourth-order valence-electron chi connectivity index (χ4n) is 2.73. The van der Waals surface area contributed by atoms with Crippen LogP contribution in [0.15, 0.2) is 12.2 Å². The van der Waals surface area contributed by atoms with Gasteiger partial charge in [-0.1, -0.05) is 70.4 Å². The predicted octanol–water partition coefficient (Wildman–Crippen LogP) is 5.92. The first-order valence-electron chi connectivity index (χ1n) is 9.46. The standard InChI is InChI=1S/C20H36O3/c1-3-4-5-9-12-15-19(18(2)21)16-13-10-7-6-8-11-14-17-20(22)23/h13,16,19H,3-12,14-15,17H2,1-2H3,(H,22,23). The van der Waals surface area contributed by atoms with Gasteiger partial charge in [0.2, 0.25) is 0 Å². The van der Waals surface area contributed by atoms with Crippen LogP contribution in [0.4, 0.5) is 0 Å². The van der Waals surface area contributed by atoms with Crippen LogP contribution in [0.5, 0.6) is 0 Å². The molecule has 0 bridgehead atoms. The Hall–Kier alpha value is -1.12. The monoisotopic (exact) mass is 324 g/mol. The van der Waals surface area contributed by atoms with Crippen LogP contribution in [-0.2, 0) is 9.59 Å². The summed E-state index contributed by atoms with van der Waals surface area (Å²) in [5.74, 6) is -0.310. The van der Waals surface area contributed by atoms with Gasteiger partial charge in [0.05, 0.1) is 0 Å². The third kappa shape index (κ3) is 15.5. The third-order valence-corrected chi connectivity index (χ3v) is 4.27. The molecular weight excluding hydrogens is 288 g/mol. The van der Waals surface area contributed by atoms with Crippen molar-refractivity contribution in [3.63, 3.8) is 0 Å². The van der Waals surface area contributed by atoms with Crippen molar-refractivity contribution in [1.29, 1.82) is 0 Å². The largest absolute Gasteiger partial charge is 0.481 e. The summed E-state index contributed by atoms with van der Waals surface area (Å²) in [4.78, 5) is 22.0. The molecule has 0 saturated carbocycles. The molecule has 0 saturated heterocycles. The number of allylic oxidation sites excluding steroid dienone is 2. The molecular formula is C20H36O3. The van der Waals surface area contributed by atoms with Gasteiger partial charge in [-0.3, -0.25) is 9.59 Å². The van der Waals surface area contributed by atoms with E-state index in [1.807, 2.05) is 0 Å². The molecule has 1 N–H and O–H groups in total. The van der Waals surface area contributed by atoms with Crippen molar-refractivity contribution in [2.45, 2.75) is 97.3 Å². The quantitative estimate of drug-likeness (QED) is 0.283. The van der Waals surface area contributed by atoms with Crippen molar-refractivity contribution in [2.75, 3.05) is 0 Å². The Labute approximate surface area is 142 Å². The Morgan fingerprint density at radius 3 is 2.17 bits per heavy atom. The number of carboxylic acids is 1. The van der Waals surface area contributed by atoms with Crippen molar-refractivity contribution in [3.05, 3.63) is 12.2 Å². The predicted molar refractivity (Wildman–Crippen MR) is 96.6 cm³/mol. The number of carboxylic acid groups (broad SMARTS) is 1. The maximum absolute atomic E-state index is 11.7. The van der Waals surface area contributed by atoms with Crippen LogP contribution in [0.3, 0.4) is 0 Å². The van der Waals surface area contributed by atoms with Crippen molar-refractivity contribution >= 4 is 11.8 Å². The molecule has 0 fully saturated rings. The van der Waals surface area contributed by atoms with Gasteiger partial charge in [-0.2, -0.15) is 0 Å². The van der Waals surface area contributed by atoms with Gasteiger partial charge in [0, 0.05) is 12.3 Å². The van der Waals surface area contributed by atoms with Crippen LogP contribution >= 0.6 is 0 Å². The summed E-state index contributed by atoms with van der Waals surface area (Å²) in [6, 6.07) is 0. The van der Waals surface area contributed by atoms with Gasteiger partial charge < -0.3 is 5.11 Å². The number of carbonyl (C=O) groups is 2. The second kappa shape index (κ2) is 15.8. The fourth-order valence-corrected chi connectivity index (χ4v) is 2.73. The second-order valence-electron chi connectivity index (χ2n) is 6.55. The fraction of sp³-hybridized carbons (Fsp3) is 0.800. The van der Waals surface area contributed by atoms with Gasteiger partial charge in [-0.05, 0) is 32.6 Å². The zero-order chi connectivity index (χ0) is 17.3. The van der Waals surface area contributed by atoms with Gasteiger partial charge in [0.1, 0.15) is 5.78 Å². The summed E-state index contributed by atoms with van der Waals surface area (Å²) in [5.41, 5.74) is 0. The maximum Gasteiger partial charge on any atom is 0.303 e. The minimum Gasteiger partial charge on any atom is -0.481 e. The Kier molecular flexibility index (Phi) is 15.0. The Balaban J connectivity index is 3.65. The molecule has 0 spiro atoms. The van der Waals surface area contributed by atoms with Crippen LogP contribution in [0.1, 0.15) is 97.3 Å². The first kappa shape index (κ1) is 21.9. The van der Waals surface area contributed by atoms with Crippen LogP contribution in [0, 0.1) is 5.92 Å². The number of aliphatic carboxylic acids is 1. The van der Waals surface area contributed by atoms with Crippen LogP contribution in [0.25, 0.3) is 0 Å². The average Bonchev–Trinajstić information content (AvgIpc) is 2.50. The van der Waals surface area contributed by atoms with E-state index in [2.05, 4.69) is 19.1 Å². The van der Waals surface area contributed by atoms with E-state index in [1.165, 1.54) is 25.7 Å². The zero-order valence-electron chi connectivity index (χ0n) is 15.2. The molecule has 0 aliphatic rings. The number of hydrogen-bond acceptors (Lipinski definition) is 2. The van der Waals surface area contributed by atoms with E-state index in [-0.39, 0.29) is 11.7 Å². The lowest BCUT2D eigenvalue weighted by atomic mass is 9.96. The average molecular weight is 325 g/mol. The van der Waals surface area contributed by atoms with E-state index in [0.29, 0.717) is 6.42 Å². The molecule has 0 aliphatic carbocycles. The van der Waals surface area contributed by atoms with Crippen LogP contribution < -0.4 is 0 Å². The van der Waals surface area contributed by atoms with E-state index in [1.54, 1.807) is 6.92 Å². The summed E-state index contributed by atoms with van der Waals surface area (Å²) in [5, 5.41) is 8.55. The van der Waals surface area contributed by atoms with E-state index < -0.39 is 5.97 Å². The van der Waals surface area contributed by atoms with Gasteiger partial charge in [0.25, 0.3) is 0 Å². The number of Topliss-reactive ketones (excluding diaryl/α,β-unsaturated/α-hetero) is 1. The van der Waals surface area contributed by atoms with Gasteiger partial charge in [-0.25, -0.2) is 0 Å². The van der Waals surface area contributed by atoms with E-state index in [9.17, 15) is 9.59 Å². The maximum atomic E-state index is 11.7. The number of rotatable bonds is 16. The highest BCUT2D eigenvalue weighted by Gasteiger charge is 2.09. The molecule has 0 radical (unpaired) electrons. The summed E-state index contributed by atoms with van der Waals surface area (Å²) in [7, 11) is 0. The molecule has 0 aliphatic heterocycles. The number of unbranched alkanes of at least 4 members (excludes halogenated alkanes) is 9. The van der Waals surface area contributed by atoms with Crippen molar-refractivity contribution in [3.8, 4) is 0 Å². The second-order valence-corrected chi connectivity index (χ2v) is 6.55. The molecule has 3 nitrogen and oxygen atoms in total. The topological polar surface area (TPSA) is 54.4 Å². The summed E-state index contributed by atoms with van der Waals surface area (Å²) < 4.78 is 0. The van der Waals surface area contributed by atoms with E-state index in [0.717, 1.165) is 51.4 Å². The first-order chi connectivity index (χ1) is 11.1. The molecule has 3 heteroatoms. The first-order valence-corrected chi connectivity index (χ1v) is 9.46. The number of ketones is 1. The molecule has 23 heavy (non-hydrogen) atoms. The SMILES string of the molecule is CCCCCCCC(C=CCCCCCCCC(=O)O)C(C)=O. The van der Waals surface area contributed by atoms with Crippen LogP contribution in [-0.4, -0.2) is 16.9 Å². The molecule has 0 aromatic heterocycles. The van der Waals surface area contributed by atoms with Gasteiger partial charge >= 0.3 is 5.97 Å². The molecule has 0 aromatic rings. The summed E-state index contributed by atoms with van der Waals surface area (Å²) in [6.07, 6.45) is 18.0. The summed E-state index contributed by atoms with van der Waals surface area (Å²) in [6.45, 7) is 3.91. The molecule has 1 unspecified atom stereocenters. The highest BCUT2D eigenvalue weighted by atomic mass is 16.4. The van der Waals surface area contributed by atoms with Crippen molar-refractivity contribution < 1.29 is 14.7 Å². The lowest BCUT2D eigenvalue weighted by Crippen LogP contribution is -2.07. The highest BCUT2D eigenvalue weighted by molar-refractivity contribution is 5.79. The number of hydrogen-bond donors (Lipinski definition) is 1. The molecule has 0 aromatic carbocycles. The number of carbonyl (C=O) groups excluding carboxylic acids is 1. The van der Waals surface area contributed by atoms with Crippen molar-refractivity contribution in [2.24, 2.45) is 5.92 Å². The molecule has 134 valence electrons. The Bertz CT molecular complexity index is 334. The molecule has 0 rings (SSSR count). The van der Waals surface area contributed by atoms with E-state index in [4.69, 9.17) is 5.11 Å². The lowest BCUT2D eigenvalue weighted by molar-refractivity contribution is -0.137.